The molecular formula is C29H28F6N6O. The molecule has 5 rings (SSSR count). The topological polar surface area (TPSA) is 77.3 Å². The molecule has 42 heavy (non-hydrogen) atoms. The molecule has 3 heterocycles. The highest BCUT2D eigenvalue weighted by molar-refractivity contribution is 5.55. The minimum Gasteiger partial charge on any atom is -0.474 e. The number of rotatable bonds is 6. The van der Waals surface area contributed by atoms with E-state index < -0.39 is 29.0 Å². The van der Waals surface area contributed by atoms with Crippen molar-refractivity contribution in [2.75, 3.05) is 41.3 Å². The number of ether oxygens (including phenoxy) is 1. The maximum atomic E-state index is 13.4. The monoisotopic (exact) mass is 590 g/mol. The molecule has 1 N–H and O–H groups in total. The summed E-state index contributed by atoms with van der Waals surface area (Å²) in [4.78, 5) is 12.6. The van der Waals surface area contributed by atoms with Crippen molar-refractivity contribution < 1.29 is 31.1 Å². The maximum absolute atomic E-state index is 13.4. The van der Waals surface area contributed by atoms with E-state index in [0.29, 0.717) is 62.1 Å². The fraction of sp³-hybridized carbons (Fsp3) is 0.414. The van der Waals surface area contributed by atoms with Gasteiger partial charge >= 0.3 is 12.4 Å². The van der Waals surface area contributed by atoms with Gasteiger partial charge in [-0.05, 0) is 55.3 Å². The fourth-order valence-electron chi connectivity index (χ4n) is 5.27. The Morgan fingerprint density at radius 3 is 2.10 bits per heavy atom. The van der Waals surface area contributed by atoms with Gasteiger partial charge in [-0.3, -0.25) is 0 Å². The number of nitrogens with one attached hydrogen (secondary N) is 1. The molecule has 0 atom stereocenters. The van der Waals surface area contributed by atoms with Gasteiger partial charge in [0.15, 0.2) is 0 Å². The standard InChI is InChI=1S/C29H28F6N6O/c30-28(31,32)20-2-4-21(5-3-20)39-22-7-11-41(12-8-22)26-16-27(38-18-37-26)42-24-9-13-40(14-10-24)23-6-1-19(17-36)25(15-23)29(33,34)35/h1-6,15-16,18,22,24,39H,7-14H2. The third kappa shape index (κ3) is 6.98. The van der Waals surface area contributed by atoms with Crippen molar-refractivity contribution in [1.82, 2.24) is 9.97 Å². The number of alkyl halides is 6. The van der Waals surface area contributed by atoms with E-state index in [1.807, 2.05) is 4.90 Å². The normalized spacial score (nSPS) is 17.2. The van der Waals surface area contributed by atoms with Gasteiger partial charge in [-0.25, -0.2) is 9.97 Å². The second-order valence-electron chi connectivity index (χ2n) is 10.3. The lowest BCUT2D eigenvalue weighted by molar-refractivity contribution is -0.138. The molecule has 2 aliphatic rings. The quantitative estimate of drug-likeness (QED) is 0.328. The Labute approximate surface area is 238 Å². The van der Waals surface area contributed by atoms with E-state index in [1.54, 1.807) is 12.1 Å². The van der Waals surface area contributed by atoms with Crippen LogP contribution in [0.15, 0.2) is 54.9 Å². The van der Waals surface area contributed by atoms with Crippen LogP contribution in [0, 0.1) is 11.3 Å². The van der Waals surface area contributed by atoms with Crippen LogP contribution in [-0.4, -0.2) is 48.3 Å². The summed E-state index contributed by atoms with van der Waals surface area (Å²) in [6.07, 6.45) is -4.99. The first-order chi connectivity index (χ1) is 20.0. The van der Waals surface area contributed by atoms with E-state index in [9.17, 15) is 26.3 Å². The second kappa shape index (κ2) is 12.0. The largest absolute Gasteiger partial charge is 0.474 e. The zero-order valence-electron chi connectivity index (χ0n) is 22.4. The van der Waals surface area contributed by atoms with E-state index in [1.165, 1.54) is 30.6 Å². The van der Waals surface area contributed by atoms with Crippen LogP contribution in [0.4, 0.5) is 43.5 Å². The summed E-state index contributed by atoms with van der Waals surface area (Å²) < 4.78 is 84.6. The Balaban J connectivity index is 1.12. The molecule has 2 saturated heterocycles. The van der Waals surface area contributed by atoms with Crippen LogP contribution < -0.4 is 19.9 Å². The minimum atomic E-state index is -4.61. The number of benzene rings is 2. The van der Waals surface area contributed by atoms with Crippen LogP contribution in [0.25, 0.3) is 0 Å². The summed E-state index contributed by atoms with van der Waals surface area (Å²) in [5, 5.41) is 12.3. The van der Waals surface area contributed by atoms with Crippen molar-refractivity contribution in [2.45, 2.75) is 50.2 Å². The van der Waals surface area contributed by atoms with Crippen LogP contribution >= 0.6 is 0 Å². The first-order valence-corrected chi connectivity index (χ1v) is 13.5. The highest BCUT2D eigenvalue weighted by Gasteiger charge is 2.35. The lowest BCUT2D eigenvalue weighted by atomic mass is 10.0. The van der Waals surface area contributed by atoms with Crippen molar-refractivity contribution in [1.29, 1.82) is 5.26 Å². The number of halogens is 6. The van der Waals surface area contributed by atoms with Crippen molar-refractivity contribution in [3.63, 3.8) is 0 Å². The number of hydrogen-bond acceptors (Lipinski definition) is 7. The van der Waals surface area contributed by atoms with Gasteiger partial charge in [0.25, 0.3) is 0 Å². The van der Waals surface area contributed by atoms with Gasteiger partial charge in [0.05, 0.1) is 22.8 Å². The van der Waals surface area contributed by atoms with Crippen molar-refractivity contribution in [3.05, 3.63) is 71.5 Å². The van der Waals surface area contributed by atoms with E-state index in [4.69, 9.17) is 10.00 Å². The Kier molecular flexibility index (Phi) is 8.34. The van der Waals surface area contributed by atoms with Crippen LogP contribution in [0.1, 0.15) is 42.4 Å². The molecule has 0 unspecified atom stereocenters. The lowest BCUT2D eigenvalue weighted by Crippen LogP contribution is -2.40. The summed E-state index contributed by atoms with van der Waals surface area (Å²) in [5.74, 6) is 1.13. The Bertz CT molecular complexity index is 1410. The predicted octanol–water partition coefficient (Wildman–Crippen LogP) is 6.51. The van der Waals surface area contributed by atoms with E-state index >= 15 is 0 Å². The van der Waals surface area contributed by atoms with Gasteiger partial charge in [-0.15, -0.1) is 0 Å². The highest BCUT2D eigenvalue weighted by Crippen LogP contribution is 2.35. The number of hydrogen-bond donors (Lipinski definition) is 1. The number of aromatic nitrogens is 2. The molecule has 222 valence electrons. The third-order valence-electron chi connectivity index (χ3n) is 7.55. The molecule has 2 aliphatic heterocycles. The lowest BCUT2D eigenvalue weighted by Gasteiger charge is -2.34. The van der Waals surface area contributed by atoms with Crippen molar-refractivity contribution in [2.24, 2.45) is 0 Å². The zero-order chi connectivity index (χ0) is 29.9. The van der Waals surface area contributed by atoms with Gasteiger partial charge in [0.2, 0.25) is 5.88 Å². The molecule has 0 radical (unpaired) electrons. The molecule has 0 bridgehead atoms. The van der Waals surface area contributed by atoms with Gasteiger partial charge in [0.1, 0.15) is 18.2 Å². The molecule has 0 aliphatic carbocycles. The van der Waals surface area contributed by atoms with Gasteiger partial charge < -0.3 is 19.9 Å². The molecule has 0 saturated carbocycles. The van der Waals surface area contributed by atoms with Crippen LogP contribution in [0.2, 0.25) is 0 Å². The molecule has 0 amide bonds. The summed E-state index contributed by atoms with van der Waals surface area (Å²) in [6, 6.07) is 12.3. The van der Waals surface area contributed by atoms with Crippen LogP contribution in [0.3, 0.4) is 0 Å². The van der Waals surface area contributed by atoms with E-state index in [0.717, 1.165) is 31.0 Å². The second-order valence-corrected chi connectivity index (χ2v) is 10.3. The first kappa shape index (κ1) is 29.3. The number of piperidine rings is 2. The number of nitrogens with zero attached hydrogens (tertiary/aromatic N) is 5. The predicted molar refractivity (Wildman–Crippen MR) is 144 cm³/mol. The van der Waals surface area contributed by atoms with E-state index in [2.05, 4.69) is 20.2 Å². The maximum Gasteiger partial charge on any atom is 0.417 e. The summed E-state index contributed by atoms with van der Waals surface area (Å²) in [5.41, 5.74) is -0.955. The summed E-state index contributed by atoms with van der Waals surface area (Å²) in [6.45, 7) is 2.37. The SMILES string of the molecule is N#Cc1ccc(N2CCC(Oc3cc(N4CCC(Nc5ccc(C(F)(F)F)cc5)CC4)ncn3)CC2)cc1C(F)(F)F. The zero-order valence-corrected chi connectivity index (χ0v) is 22.4. The average Bonchev–Trinajstić information content (AvgIpc) is 2.97. The molecule has 3 aromatic rings. The summed E-state index contributed by atoms with van der Waals surface area (Å²) >= 11 is 0. The smallest absolute Gasteiger partial charge is 0.417 e. The highest BCUT2D eigenvalue weighted by atomic mass is 19.4. The molecule has 7 nitrogen and oxygen atoms in total. The fourth-order valence-corrected chi connectivity index (χ4v) is 5.27. The minimum absolute atomic E-state index is 0.115. The first-order valence-electron chi connectivity index (χ1n) is 13.5. The van der Waals surface area contributed by atoms with Gasteiger partial charge in [0, 0.05) is 62.5 Å². The molecule has 2 aromatic carbocycles. The van der Waals surface area contributed by atoms with E-state index in [-0.39, 0.29) is 12.1 Å². The average molecular weight is 591 g/mol. The number of nitriles is 1. The van der Waals surface area contributed by atoms with Crippen molar-refractivity contribution in [3.8, 4) is 11.9 Å². The van der Waals surface area contributed by atoms with Crippen LogP contribution in [0.5, 0.6) is 5.88 Å². The Morgan fingerprint density at radius 2 is 1.48 bits per heavy atom. The van der Waals surface area contributed by atoms with Crippen molar-refractivity contribution >= 4 is 17.2 Å². The molecule has 1 aromatic heterocycles. The van der Waals surface area contributed by atoms with Gasteiger partial charge in [-0.2, -0.15) is 31.6 Å². The van der Waals surface area contributed by atoms with Crippen LogP contribution in [-0.2, 0) is 12.4 Å². The molecule has 0 spiro atoms. The molecular weight excluding hydrogens is 562 g/mol. The Morgan fingerprint density at radius 1 is 0.810 bits per heavy atom. The Hall–Kier alpha value is -4.21. The third-order valence-corrected chi connectivity index (χ3v) is 7.55. The number of anilines is 3. The summed E-state index contributed by atoms with van der Waals surface area (Å²) in [7, 11) is 0. The van der Waals surface area contributed by atoms with Gasteiger partial charge in [-0.1, -0.05) is 0 Å². The molecule has 2 fully saturated rings. The molecule has 13 heteroatoms.